The molecule has 0 saturated carbocycles. The lowest BCUT2D eigenvalue weighted by Crippen LogP contribution is -2.55. The lowest BCUT2D eigenvalue weighted by Gasteiger charge is -2.30. The average molecular weight is 734 g/mol. The highest BCUT2D eigenvalue weighted by Gasteiger charge is 2.41. The Morgan fingerprint density at radius 1 is 1.06 bits per heavy atom. The first kappa shape index (κ1) is 42.1. The van der Waals surface area contributed by atoms with Crippen LogP contribution in [-0.2, 0) is 52.4 Å². The Labute approximate surface area is 295 Å². The van der Waals surface area contributed by atoms with Crippen LogP contribution >= 0.6 is 0 Å². The second kappa shape index (κ2) is 19.3. The van der Waals surface area contributed by atoms with Gasteiger partial charge >= 0.3 is 5.97 Å². The number of nitrogens with zero attached hydrogens (tertiary/aromatic N) is 3. The molecule has 2 aromatic rings. The second-order valence-corrected chi connectivity index (χ2v) is 13.0. The Kier molecular flexibility index (Phi) is 15.9. The lowest BCUT2D eigenvalue weighted by atomic mass is 10.0. The molecule has 0 radical (unpaired) electrons. The molecule has 0 spiro atoms. The quantitative estimate of drug-likeness (QED) is 0.0629. The van der Waals surface area contributed by atoms with Crippen molar-refractivity contribution in [2.24, 2.45) is 17.2 Å². The van der Waals surface area contributed by atoms with Gasteiger partial charge in [-0.25, -0.2) is 4.90 Å². The number of amides is 4. The molecule has 1 aliphatic heterocycles. The number of imide groups is 3. The number of ketones is 1. The van der Waals surface area contributed by atoms with Crippen molar-refractivity contribution in [3.05, 3.63) is 57.6 Å². The van der Waals surface area contributed by atoms with Crippen molar-refractivity contribution in [1.82, 2.24) is 9.80 Å². The van der Waals surface area contributed by atoms with Crippen molar-refractivity contribution in [2.45, 2.75) is 74.9 Å². The Morgan fingerprint density at radius 2 is 1.69 bits per heavy atom. The van der Waals surface area contributed by atoms with E-state index in [2.05, 4.69) is 0 Å². The van der Waals surface area contributed by atoms with Crippen LogP contribution in [-0.4, -0.2) is 102 Å². The number of carbonyl (C=O) groups excluding carboxylic acids is 5. The maximum absolute atomic E-state index is 13.2. The SMILES string of the molecule is CCCC(=O)N(C(=O)CN)C(=O)[C@@H]1CCCN1C(=O)[C@@H](N)Cc1cc(S(C)=O)c([N+](=O)[O-])cc1N.N[C@@H](Cc1ccc(O)cc1)C(=O)CC(=O)O. The van der Waals surface area contributed by atoms with E-state index in [9.17, 15) is 43.1 Å². The number of aromatic hydroxyl groups is 1. The number of aliphatic carboxylic acids is 1. The van der Waals surface area contributed by atoms with Crippen LogP contribution in [0, 0.1) is 10.1 Å². The van der Waals surface area contributed by atoms with Crippen molar-refractivity contribution in [1.29, 1.82) is 0 Å². The Balaban J connectivity index is 0.000000469. The summed E-state index contributed by atoms with van der Waals surface area (Å²) in [6.45, 7) is 1.37. The van der Waals surface area contributed by atoms with Gasteiger partial charge in [0.2, 0.25) is 17.7 Å². The van der Waals surface area contributed by atoms with E-state index in [0.717, 1.165) is 11.6 Å². The first-order chi connectivity index (χ1) is 23.9. The summed E-state index contributed by atoms with van der Waals surface area (Å²) in [4.78, 5) is 84.7. The maximum atomic E-state index is 13.2. The van der Waals surface area contributed by atoms with Gasteiger partial charge in [0.15, 0.2) is 5.78 Å². The van der Waals surface area contributed by atoms with Crippen molar-refractivity contribution >= 4 is 57.6 Å². The van der Waals surface area contributed by atoms with E-state index in [0.29, 0.717) is 23.3 Å². The standard InChI is InChI=1S/C21H30N6O7S.C11H13NO4/c1-3-5-18(28)26(19(29)11-22)21(31)15-6-4-7-25(15)20(30)14(24)8-12-9-17(35(2)34)16(27(32)33)10-13(12)23;12-9(10(14)6-11(15)16)5-7-1-3-8(13)4-2-7/h9-10,14-15H,3-8,11,22-24H2,1-2H3;1-4,9,13H,5-6,12H2,(H,15,16)/t14-,15-,35?;9-/m00/s1. The summed E-state index contributed by atoms with van der Waals surface area (Å²) >= 11 is 0. The molecule has 18 nitrogen and oxygen atoms in total. The monoisotopic (exact) mass is 733 g/mol. The molecule has 0 aliphatic carbocycles. The number of benzene rings is 2. The number of carboxylic acids is 1. The summed E-state index contributed by atoms with van der Waals surface area (Å²) in [6, 6.07) is 5.56. The van der Waals surface area contributed by atoms with Gasteiger partial charge in [-0.1, -0.05) is 19.1 Å². The van der Waals surface area contributed by atoms with Gasteiger partial charge in [-0.3, -0.25) is 43.1 Å². The summed E-state index contributed by atoms with van der Waals surface area (Å²) < 4.78 is 12.0. The first-order valence-corrected chi connectivity index (χ1v) is 17.3. The molecular formula is C32H43N7O11S. The number of nitrogen functional groups attached to an aromatic ring is 1. The minimum absolute atomic E-state index is 0.00748. The van der Waals surface area contributed by atoms with Gasteiger partial charge in [-0.05, 0) is 61.4 Å². The molecule has 1 fully saturated rings. The number of hydrogen-bond donors (Lipinski definition) is 6. The van der Waals surface area contributed by atoms with Crippen LogP contribution in [0.2, 0.25) is 0 Å². The van der Waals surface area contributed by atoms with Crippen molar-refractivity contribution in [3.63, 3.8) is 0 Å². The average Bonchev–Trinajstić information content (AvgIpc) is 3.56. The summed E-state index contributed by atoms with van der Waals surface area (Å²) in [5.41, 5.74) is 23.7. The highest BCUT2D eigenvalue weighted by atomic mass is 32.2. The fourth-order valence-corrected chi connectivity index (χ4v) is 5.97. The molecule has 4 amide bonds. The predicted octanol–water partition coefficient (Wildman–Crippen LogP) is -0.278. The van der Waals surface area contributed by atoms with Gasteiger partial charge in [0.1, 0.15) is 23.1 Å². The van der Waals surface area contributed by atoms with E-state index in [1.165, 1.54) is 29.4 Å². The molecule has 0 aromatic heterocycles. The lowest BCUT2D eigenvalue weighted by molar-refractivity contribution is -0.387. The van der Waals surface area contributed by atoms with Crippen LogP contribution in [0.5, 0.6) is 5.75 Å². The van der Waals surface area contributed by atoms with E-state index in [4.69, 9.17) is 33.1 Å². The van der Waals surface area contributed by atoms with E-state index >= 15 is 0 Å². The van der Waals surface area contributed by atoms with Gasteiger partial charge in [0.05, 0.1) is 34.4 Å². The number of likely N-dealkylation sites (tertiary alicyclic amines) is 1. The minimum atomic E-state index is -1.69. The van der Waals surface area contributed by atoms with Crippen LogP contribution in [0.25, 0.3) is 0 Å². The zero-order valence-electron chi connectivity index (χ0n) is 28.2. The van der Waals surface area contributed by atoms with Crippen LogP contribution < -0.4 is 22.9 Å². The number of rotatable bonds is 14. The normalized spacial score (nSPS) is 15.5. The molecule has 3 rings (SSSR count). The maximum Gasteiger partial charge on any atom is 0.310 e. The molecule has 1 aliphatic rings. The number of nitrogens with two attached hydrogens (primary N) is 4. The number of carbonyl (C=O) groups is 6. The topological polar surface area (TPSA) is 314 Å². The van der Waals surface area contributed by atoms with Gasteiger partial charge in [-0.15, -0.1) is 0 Å². The summed E-state index contributed by atoms with van der Waals surface area (Å²) in [7, 11) is -1.69. The molecule has 1 heterocycles. The van der Waals surface area contributed by atoms with Crippen molar-refractivity contribution < 1.29 is 48.1 Å². The zero-order valence-corrected chi connectivity index (χ0v) is 29.0. The fourth-order valence-electron chi connectivity index (χ4n) is 5.23. The minimum Gasteiger partial charge on any atom is -0.508 e. The number of phenolic OH excluding ortho intramolecular Hbond substituents is 1. The van der Waals surface area contributed by atoms with Crippen LogP contribution in [0.3, 0.4) is 0 Å². The number of anilines is 1. The molecular weight excluding hydrogens is 690 g/mol. The van der Waals surface area contributed by atoms with Gasteiger partial charge in [-0.2, -0.15) is 0 Å². The van der Waals surface area contributed by atoms with Gasteiger partial charge < -0.3 is 38.0 Å². The Hall–Kier alpha value is -5.11. The molecule has 2 aromatic carbocycles. The number of nitro groups is 1. The fraction of sp³-hybridized carbons (Fsp3) is 0.438. The highest BCUT2D eigenvalue weighted by Crippen LogP contribution is 2.29. The van der Waals surface area contributed by atoms with Crippen molar-refractivity contribution in [3.8, 4) is 5.75 Å². The van der Waals surface area contributed by atoms with Crippen LogP contribution in [0.15, 0.2) is 41.3 Å². The number of Topliss-reactive ketones (excluding diaryl/α,β-unsaturated/α-hetero) is 1. The molecule has 1 saturated heterocycles. The van der Waals surface area contributed by atoms with Crippen molar-refractivity contribution in [2.75, 3.05) is 25.1 Å². The largest absolute Gasteiger partial charge is 0.508 e. The molecule has 19 heteroatoms. The summed E-state index contributed by atoms with van der Waals surface area (Å²) in [5.74, 6) is -4.51. The predicted molar refractivity (Wildman–Crippen MR) is 184 cm³/mol. The highest BCUT2D eigenvalue weighted by molar-refractivity contribution is 7.84. The number of phenols is 1. The van der Waals surface area contributed by atoms with Gasteiger partial charge in [0.25, 0.3) is 11.6 Å². The Bertz CT molecular complexity index is 1670. The van der Waals surface area contributed by atoms with E-state index in [1.807, 2.05) is 0 Å². The van der Waals surface area contributed by atoms with E-state index in [1.54, 1.807) is 19.1 Å². The first-order valence-electron chi connectivity index (χ1n) is 15.8. The third kappa shape index (κ3) is 11.7. The van der Waals surface area contributed by atoms with E-state index in [-0.39, 0.29) is 48.6 Å². The molecule has 4 atom stereocenters. The third-order valence-electron chi connectivity index (χ3n) is 7.79. The Morgan fingerprint density at radius 3 is 2.22 bits per heavy atom. The number of carboxylic acid groups (broad SMARTS) is 1. The van der Waals surface area contributed by atoms with E-state index < -0.39 is 87.9 Å². The molecule has 1 unspecified atom stereocenters. The second-order valence-electron chi connectivity index (χ2n) is 11.7. The number of hydrogen-bond acceptors (Lipinski definition) is 14. The van der Waals surface area contributed by atoms with Crippen LogP contribution in [0.1, 0.15) is 50.2 Å². The molecule has 51 heavy (non-hydrogen) atoms. The molecule has 278 valence electrons. The van der Waals surface area contributed by atoms with Crippen LogP contribution in [0.4, 0.5) is 11.4 Å². The summed E-state index contributed by atoms with van der Waals surface area (Å²) in [5, 5.41) is 28.7. The number of nitro benzene ring substituents is 1. The smallest absolute Gasteiger partial charge is 0.310 e. The molecule has 0 bridgehead atoms. The van der Waals surface area contributed by atoms with Gasteiger partial charge in [0, 0.05) is 31.0 Å². The summed E-state index contributed by atoms with van der Waals surface area (Å²) in [6.07, 6.45) is 1.94. The third-order valence-corrected chi connectivity index (χ3v) is 8.74. The zero-order chi connectivity index (χ0) is 38.6. The molecule has 10 N–H and O–H groups in total.